The number of fused-ring (bicyclic) bond motifs is 1. The lowest BCUT2D eigenvalue weighted by Gasteiger charge is -2.43. The van der Waals surface area contributed by atoms with Crippen LogP contribution in [0.5, 0.6) is 0 Å². The maximum Gasteiger partial charge on any atom is 0.427 e. The SMILES string of the molecule is CN1C(=O)Nc2cc(Cn3cncc(N)c3=O)c(Cl)cc2C1(C#CC1CC1)C(F)(F)F. The molecule has 11 heteroatoms. The molecule has 0 spiro atoms. The van der Waals surface area contributed by atoms with E-state index in [4.69, 9.17) is 17.3 Å². The smallest absolute Gasteiger partial charge is 0.393 e. The van der Waals surface area contributed by atoms with Crippen molar-refractivity contribution in [2.45, 2.75) is 31.1 Å². The van der Waals surface area contributed by atoms with Gasteiger partial charge < -0.3 is 11.1 Å². The van der Waals surface area contributed by atoms with Crippen LogP contribution in [0.15, 0.2) is 29.5 Å². The van der Waals surface area contributed by atoms with E-state index >= 15 is 0 Å². The summed E-state index contributed by atoms with van der Waals surface area (Å²) < 4.78 is 44.4. The Bertz CT molecular complexity index is 1200. The lowest BCUT2D eigenvalue weighted by molar-refractivity contribution is -0.203. The van der Waals surface area contributed by atoms with Crippen LogP contribution in [0.2, 0.25) is 5.02 Å². The molecule has 3 N–H and O–H groups in total. The number of carbonyl (C=O) groups is 1. The molecule has 162 valence electrons. The molecule has 1 aromatic heterocycles. The third-order valence-electron chi connectivity index (χ3n) is 5.34. The molecule has 0 bridgehead atoms. The standard InChI is InChI=1S/C20H17ClF3N5O2/c1-28-18(31)27-16-6-12(9-29-10-26-8-15(25)17(29)30)14(21)7-13(16)19(28,20(22,23)24)5-4-11-2-3-11/h6-8,10-11H,2-3,9,25H2,1H3,(H,27,31). The Balaban J connectivity index is 1.88. The Morgan fingerprint density at radius 3 is 2.71 bits per heavy atom. The van der Waals surface area contributed by atoms with Crippen LogP contribution < -0.4 is 16.6 Å². The van der Waals surface area contributed by atoms with Crippen molar-refractivity contribution in [3.8, 4) is 11.8 Å². The fraction of sp³-hybridized carbons (Fsp3) is 0.350. The molecule has 1 aliphatic heterocycles. The van der Waals surface area contributed by atoms with Gasteiger partial charge in [0.05, 0.1) is 19.1 Å². The van der Waals surface area contributed by atoms with Crippen molar-refractivity contribution in [3.05, 3.63) is 51.2 Å². The van der Waals surface area contributed by atoms with Crippen LogP contribution in [0.25, 0.3) is 0 Å². The molecule has 1 atom stereocenters. The van der Waals surface area contributed by atoms with Crippen LogP contribution in [0, 0.1) is 17.8 Å². The van der Waals surface area contributed by atoms with Crippen LogP contribution in [-0.4, -0.2) is 33.7 Å². The third-order valence-corrected chi connectivity index (χ3v) is 5.69. The predicted molar refractivity (Wildman–Crippen MR) is 108 cm³/mol. The summed E-state index contributed by atoms with van der Waals surface area (Å²) in [5.74, 6) is 4.87. The molecule has 31 heavy (non-hydrogen) atoms. The number of aromatic nitrogens is 2. The zero-order valence-electron chi connectivity index (χ0n) is 16.3. The van der Waals surface area contributed by atoms with Crippen LogP contribution in [0.3, 0.4) is 0 Å². The topological polar surface area (TPSA) is 93.2 Å². The molecule has 2 amide bonds. The summed E-state index contributed by atoms with van der Waals surface area (Å²) in [4.78, 5) is 29.0. The number of amides is 2. The Morgan fingerprint density at radius 1 is 1.35 bits per heavy atom. The van der Waals surface area contributed by atoms with Crippen molar-refractivity contribution in [1.29, 1.82) is 0 Å². The molecule has 1 aromatic carbocycles. The van der Waals surface area contributed by atoms with Crippen molar-refractivity contribution in [2.24, 2.45) is 5.92 Å². The van der Waals surface area contributed by atoms with Gasteiger partial charge in [-0.1, -0.05) is 23.4 Å². The minimum atomic E-state index is -4.88. The summed E-state index contributed by atoms with van der Waals surface area (Å²) in [6.07, 6.45) is -0.990. The van der Waals surface area contributed by atoms with Gasteiger partial charge in [-0.05, 0) is 30.5 Å². The number of hydrogen-bond donors (Lipinski definition) is 2. The lowest BCUT2D eigenvalue weighted by Crippen LogP contribution is -2.59. The van der Waals surface area contributed by atoms with Gasteiger partial charge in [0, 0.05) is 29.2 Å². The number of urea groups is 1. The van der Waals surface area contributed by atoms with Crippen molar-refractivity contribution in [3.63, 3.8) is 0 Å². The number of nitrogens with two attached hydrogens (primary N) is 1. The summed E-state index contributed by atoms with van der Waals surface area (Å²) in [7, 11) is 1.05. The number of rotatable bonds is 2. The first-order chi connectivity index (χ1) is 14.5. The average Bonchev–Trinajstić information content (AvgIpc) is 3.51. The minimum absolute atomic E-state index is 0.0144. The number of benzene rings is 1. The average molecular weight is 452 g/mol. The Hall–Kier alpha value is -3.19. The highest BCUT2D eigenvalue weighted by Gasteiger charge is 2.62. The van der Waals surface area contributed by atoms with E-state index in [0.717, 1.165) is 26.0 Å². The maximum atomic E-state index is 14.4. The van der Waals surface area contributed by atoms with Crippen molar-refractivity contribution in [1.82, 2.24) is 14.5 Å². The van der Waals surface area contributed by atoms with Gasteiger partial charge in [0.1, 0.15) is 5.69 Å². The van der Waals surface area contributed by atoms with E-state index in [1.54, 1.807) is 0 Å². The molecular formula is C20H17ClF3N5O2. The number of alkyl halides is 3. The number of nitrogens with zero attached hydrogens (tertiary/aromatic N) is 3. The summed E-state index contributed by atoms with van der Waals surface area (Å²) in [5.41, 5.74) is 2.08. The first kappa shape index (κ1) is 21.1. The highest BCUT2D eigenvalue weighted by molar-refractivity contribution is 6.31. The second-order valence-corrected chi connectivity index (χ2v) is 7.92. The molecule has 4 rings (SSSR count). The van der Waals surface area contributed by atoms with Crippen LogP contribution in [-0.2, 0) is 12.1 Å². The first-order valence-electron chi connectivity index (χ1n) is 9.31. The summed E-state index contributed by atoms with van der Waals surface area (Å²) in [6, 6.07) is 1.51. The molecular weight excluding hydrogens is 435 g/mol. The van der Waals surface area contributed by atoms with Gasteiger partial charge in [0.2, 0.25) is 5.54 Å². The van der Waals surface area contributed by atoms with E-state index in [-0.39, 0.29) is 34.4 Å². The van der Waals surface area contributed by atoms with Gasteiger partial charge in [-0.3, -0.25) is 14.3 Å². The largest absolute Gasteiger partial charge is 0.427 e. The summed E-state index contributed by atoms with van der Waals surface area (Å²) in [5, 5.41) is 2.44. The molecule has 7 nitrogen and oxygen atoms in total. The predicted octanol–water partition coefficient (Wildman–Crippen LogP) is 3.18. The number of nitrogens with one attached hydrogen (secondary N) is 1. The van der Waals surface area contributed by atoms with E-state index < -0.39 is 23.3 Å². The number of hydrogen-bond acceptors (Lipinski definition) is 4. The van der Waals surface area contributed by atoms with Crippen molar-refractivity contribution < 1.29 is 18.0 Å². The maximum absolute atomic E-state index is 14.4. The van der Waals surface area contributed by atoms with Gasteiger partial charge in [-0.15, -0.1) is 0 Å². The monoisotopic (exact) mass is 451 g/mol. The van der Waals surface area contributed by atoms with Gasteiger partial charge in [-0.25, -0.2) is 9.78 Å². The molecule has 2 aromatic rings. The fourth-order valence-corrected chi connectivity index (χ4v) is 3.66. The van der Waals surface area contributed by atoms with Crippen LogP contribution >= 0.6 is 11.6 Å². The first-order valence-corrected chi connectivity index (χ1v) is 9.69. The number of anilines is 2. The Labute approximate surface area is 180 Å². The molecule has 2 heterocycles. The Kier molecular flexibility index (Phi) is 4.89. The van der Waals surface area contributed by atoms with E-state index in [1.165, 1.54) is 23.2 Å². The van der Waals surface area contributed by atoms with E-state index in [9.17, 15) is 22.8 Å². The zero-order chi connectivity index (χ0) is 22.6. The highest BCUT2D eigenvalue weighted by atomic mass is 35.5. The Morgan fingerprint density at radius 2 is 2.06 bits per heavy atom. The zero-order valence-corrected chi connectivity index (χ0v) is 17.0. The normalized spacial score (nSPS) is 20.5. The second-order valence-electron chi connectivity index (χ2n) is 7.51. The molecule has 1 fully saturated rings. The van der Waals surface area contributed by atoms with Crippen LogP contribution in [0.4, 0.5) is 29.3 Å². The van der Waals surface area contributed by atoms with Crippen molar-refractivity contribution in [2.75, 3.05) is 18.1 Å². The minimum Gasteiger partial charge on any atom is -0.393 e. The highest BCUT2D eigenvalue weighted by Crippen LogP contribution is 2.49. The second kappa shape index (κ2) is 7.20. The fourth-order valence-electron chi connectivity index (χ4n) is 3.44. The number of nitrogen functional groups attached to an aromatic ring is 1. The molecule has 0 radical (unpaired) electrons. The number of halogens is 4. The van der Waals surface area contributed by atoms with E-state index in [1.807, 2.05) is 0 Å². The summed E-state index contributed by atoms with van der Waals surface area (Å²) in [6.45, 7) is -0.0958. The molecule has 1 saturated carbocycles. The molecule has 1 aliphatic carbocycles. The summed E-state index contributed by atoms with van der Waals surface area (Å²) >= 11 is 6.33. The van der Waals surface area contributed by atoms with E-state index in [0.29, 0.717) is 10.5 Å². The quantitative estimate of drug-likeness (QED) is 0.686. The number of carbonyl (C=O) groups excluding carboxylic acids is 1. The molecule has 2 aliphatic rings. The van der Waals surface area contributed by atoms with Crippen LogP contribution in [0.1, 0.15) is 24.0 Å². The lowest BCUT2D eigenvalue weighted by atomic mass is 9.84. The van der Waals surface area contributed by atoms with Crippen molar-refractivity contribution >= 4 is 29.0 Å². The van der Waals surface area contributed by atoms with Gasteiger partial charge in [0.15, 0.2) is 0 Å². The molecule has 1 unspecified atom stereocenters. The van der Waals surface area contributed by atoms with Gasteiger partial charge >= 0.3 is 12.2 Å². The van der Waals surface area contributed by atoms with Gasteiger partial charge in [-0.2, -0.15) is 13.2 Å². The van der Waals surface area contributed by atoms with Gasteiger partial charge in [0.25, 0.3) is 5.56 Å². The molecule has 0 saturated heterocycles. The van der Waals surface area contributed by atoms with E-state index in [2.05, 4.69) is 22.1 Å². The third kappa shape index (κ3) is 3.49.